The van der Waals surface area contributed by atoms with Crippen molar-refractivity contribution in [2.24, 2.45) is 4.99 Å². The topological polar surface area (TPSA) is 58.8 Å². The number of benzene rings is 2. The number of hydrogen-bond acceptors (Lipinski definition) is 4. The Morgan fingerprint density at radius 3 is 2.55 bits per heavy atom. The number of hydrogen-bond donors (Lipinski definition) is 1. The third-order valence-corrected chi connectivity index (χ3v) is 4.71. The minimum Gasteiger partial charge on any atom is -0.339 e. The monoisotopic (exact) mass is 422 g/mol. The maximum absolute atomic E-state index is 13.2. The summed E-state index contributed by atoms with van der Waals surface area (Å²) >= 11 is 12.1. The molecule has 0 saturated heterocycles. The Hall–Kier alpha value is -3.15. The van der Waals surface area contributed by atoms with E-state index >= 15 is 0 Å². The van der Waals surface area contributed by atoms with Crippen molar-refractivity contribution < 1.29 is 0 Å². The molecule has 7 heteroatoms. The number of aryl methyl sites for hydroxylation is 1. The molecule has 0 aliphatic carbocycles. The van der Waals surface area contributed by atoms with Crippen molar-refractivity contribution in [1.82, 2.24) is 9.38 Å². The number of fused-ring (bicyclic) bond motifs is 1. The van der Waals surface area contributed by atoms with Gasteiger partial charge >= 0.3 is 0 Å². The number of rotatable bonds is 4. The molecule has 0 saturated carbocycles. The maximum atomic E-state index is 13.2. The first-order valence-corrected chi connectivity index (χ1v) is 9.60. The van der Waals surface area contributed by atoms with E-state index in [9.17, 15) is 4.79 Å². The molecule has 0 fully saturated rings. The van der Waals surface area contributed by atoms with Crippen LogP contribution in [0.4, 0.5) is 17.2 Å². The fraction of sp³-hybridized carbons (Fsp3) is 0.0455. The fourth-order valence-corrected chi connectivity index (χ4v) is 3.24. The molecular weight excluding hydrogens is 407 g/mol. The summed E-state index contributed by atoms with van der Waals surface area (Å²) in [6, 6.07) is 18.0. The third-order valence-electron chi connectivity index (χ3n) is 4.24. The Kier molecular flexibility index (Phi) is 5.34. The summed E-state index contributed by atoms with van der Waals surface area (Å²) in [6.07, 6.45) is 3.26. The van der Waals surface area contributed by atoms with Gasteiger partial charge < -0.3 is 5.32 Å². The van der Waals surface area contributed by atoms with Gasteiger partial charge in [-0.05, 0) is 55.0 Å². The molecule has 29 heavy (non-hydrogen) atoms. The summed E-state index contributed by atoms with van der Waals surface area (Å²) in [5.41, 5.74) is 2.94. The first-order valence-electron chi connectivity index (χ1n) is 8.85. The van der Waals surface area contributed by atoms with Crippen molar-refractivity contribution in [3.8, 4) is 0 Å². The van der Waals surface area contributed by atoms with Crippen LogP contribution in [-0.2, 0) is 0 Å². The van der Waals surface area contributed by atoms with Crippen LogP contribution in [0.2, 0.25) is 10.0 Å². The van der Waals surface area contributed by atoms with E-state index in [0.717, 1.165) is 11.3 Å². The highest BCUT2D eigenvalue weighted by atomic mass is 35.5. The molecule has 4 rings (SSSR count). The molecule has 5 nitrogen and oxygen atoms in total. The van der Waals surface area contributed by atoms with E-state index in [2.05, 4.69) is 15.3 Å². The van der Waals surface area contributed by atoms with Crippen LogP contribution >= 0.6 is 23.2 Å². The minimum absolute atomic E-state index is 0.228. The van der Waals surface area contributed by atoms with Gasteiger partial charge in [-0.1, -0.05) is 41.4 Å². The second-order valence-corrected chi connectivity index (χ2v) is 7.36. The summed E-state index contributed by atoms with van der Waals surface area (Å²) in [6.45, 7) is 1.92. The normalized spacial score (nSPS) is 11.3. The van der Waals surface area contributed by atoms with E-state index < -0.39 is 0 Å². The molecular formula is C22H16Cl2N4O. The molecule has 4 aromatic rings. The van der Waals surface area contributed by atoms with E-state index in [4.69, 9.17) is 23.2 Å². The first kappa shape index (κ1) is 19.2. The average Bonchev–Trinajstić information content (AvgIpc) is 2.68. The molecule has 144 valence electrons. The molecule has 0 bridgehead atoms. The smallest absolute Gasteiger partial charge is 0.268 e. The first-order chi connectivity index (χ1) is 14.0. The van der Waals surface area contributed by atoms with Crippen LogP contribution in [0.3, 0.4) is 0 Å². The van der Waals surface area contributed by atoms with E-state index in [0.29, 0.717) is 32.8 Å². The lowest BCUT2D eigenvalue weighted by atomic mass is 10.2. The van der Waals surface area contributed by atoms with Gasteiger partial charge in [-0.2, -0.15) is 0 Å². The zero-order chi connectivity index (χ0) is 20.4. The molecule has 0 radical (unpaired) electrons. The zero-order valence-electron chi connectivity index (χ0n) is 15.4. The molecule has 0 atom stereocenters. The van der Waals surface area contributed by atoms with Crippen LogP contribution in [0.5, 0.6) is 0 Å². The van der Waals surface area contributed by atoms with Crippen molar-refractivity contribution >= 4 is 52.3 Å². The third kappa shape index (κ3) is 4.31. The molecule has 0 amide bonds. The van der Waals surface area contributed by atoms with Crippen molar-refractivity contribution in [3.05, 3.63) is 98.4 Å². The molecule has 0 aliphatic heterocycles. The Bertz CT molecular complexity index is 1300. The van der Waals surface area contributed by atoms with Crippen LogP contribution < -0.4 is 10.9 Å². The second kappa shape index (κ2) is 8.07. The molecule has 0 unspecified atom stereocenters. The van der Waals surface area contributed by atoms with E-state index in [-0.39, 0.29) is 5.56 Å². The Morgan fingerprint density at radius 1 is 1.03 bits per heavy atom. The lowest BCUT2D eigenvalue weighted by Gasteiger charge is -2.11. The predicted octanol–water partition coefficient (Wildman–Crippen LogP) is 5.80. The summed E-state index contributed by atoms with van der Waals surface area (Å²) in [5, 5.41) is 4.33. The summed E-state index contributed by atoms with van der Waals surface area (Å²) in [4.78, 5) is 22.2. The molecule has 0 aliphatic rings. The number of pyridine rings is 1. The summed E-state index contributed by atoms with van der Waals surface area (Å²) in [5.74, 6) is 0.395. The predicted molar refractivity (Wildman–Crippen MR) is 120 cm³/mol. The standard InChI is InChI=1S/C22H16Cl2N4O/c1-14-8-9-20-27-21(26-18-7-3-5-16(24)11-18)19(22(29)28(20)13-14)12-25-17-6-2-4-15(23)10-17/h2-13,26H,1H3. The maximum Gasteiger partial charge on any atom is 0.268 e. The molecule has 0 spiro atoms. The lowest BCUT2D eigenvalue weighted by Crippen LogP contribution is -2.21. The van der Waals surface area contributed by atoms with E-state index in [1.165, 1.54) is 10.6 Å². The molecule has 1 N–H and O–H groups in total. The summed E-state index contributed by atoms with van der Waals surface area (Å²) in [7, 11) is 0. The van der Waals surface area contributed by atoms with Crippen molar-refractivity contribution in [1.29, 1.82) is 0 Å². The molecule has 2 aromatic carbocycles. The number of nitrogens with one attached hydrogen (secondary N) is 1. The van der Waals surface area contributed by atoms with Crippen LogP contribution in [-0.4, -0.2) is 15.6 Å². The van der Waals surface area contributed by atoms with E-state index in [1.807, 2.05) is 31.2 Å². The van der Waals surface area contributed by atoms with Crippen molar-refractivity contribution in [2.75, 3.05) is 5.32 Å². The number of aromatic nitrogens is 2. The number of aliphatic imine (C=N–C) groups is 1. The molecule has 2 heterocycles. The second-order valence-electron chi connectivity index (χ2n) is 6.49. The SMILES string of the molecule is Cc1ccc2nc(Nc3cccc(Cl)c3)c(C=Nc3cccc(Cl)c3)c(=O)n2c1. The highest BCUT2D eigenvalue weighted by Crippen LogP contribution is 2.22. The van der Waals surface area contributed by atoms with Crippen molar-refractivity contribution in [3.63, 3.8) is 0 Å². The zero-order valence-corrected chi connectivity index (χ0v) is 16.9. The average molecular weight is 423 g/mol. The Morgan fingerprint density at radius 2 is 1.79 bits per heavy atom. The Balaban J connectivity index is 1.86. The highest BCUT2D eigenvalue weighted by Gasteiger charge is 2.12. The van der Waals surface area contributed by atoms with Crippen LogP contribution in [0.25, 0.3) is 5.65 Å². The van der Waals surface area contributed by atoms with Gasteiger partial charge in [-0.25, -0.2) is 4.98 Å². The van der Waals surface area contributed by atoms with Gasteiger partial charge in [-0.3, -0.25) is 14.2 Å². The Labute approximate surface area is 177 Å². The van der Waals surface area contributed by atoms with Gasteiger partial charge in [0, 0.05) is 28.1 Å². The van der Waals surface area contributed by atoms with Crippen molar-refractivity contribution in [2.45, 2.75) is 6.92 Å². The highest BCUT2D eigenvalue weighted by molar-refractivity contribution is 6.31. The molecule has 2 aromatic heterocycles. The minimum atomic E-state index is -0.228. The van der Waals surface area contributed by atoms with Gasteiger partial charge in [0.05, 0.1) is 5.69 Å². The van der Waals surface area contributed by atoms with E-state index in [1.54, 1.807) is 42.6 Å². The number of halogens is 2. The fourth-order valence-electron chi connectivity index (χ4n) is 2.87. The largest absolute Gasteiger partial charge is 0.339 e. The lowest BCUT2D eigenvalue weighted by molar-refractivity contribution is 1.03. The van der Waals surface area contributed by atoms with Crippen LogP contribution in [0, 0.1) is 6.92 Å². The van der Waals surface area contributed by atoms with Gasteiger partial charge in [-0.15, -0.1) is 0 Å². The van der Waals surface area contributed by atoms with Crippen LogP contribution in [0.1, 0.15) is 11.1 Å². The van der Waals surface area contributed by atoms with Gasteiger partial charge in [0.15, 0.2) is 0 Å². The van der Waals surface area contributed by atoms with Gasteiger partial charge in [0.2, 0.25) is 0 Å². The van der Waals surface area contributed by atoms with Crippen LogP contribution in [0.15, 0.2) is 76.6 Å². The summed E-state index contributed by atoms with van der Waals surface area (Å²) < 4.78 is 1.51. The van der Waals surface area contributed by atoms with Gasteiger partial charge in [0.25, 0.3) is 5.56 Å². The quantitative estimate of drug-likeness (QED) is 0.422. The number of nitrogens with zero attached hydrogens (tertiary/aromatic N) is 3. The number of anilines is 2. The van der Waals surface area contributed by atoms with Gasteiger partial charge in [0.1, 0.15) is 17.0 Å².